The van der Waals surface area contributed by atoms with Gasteiger partial charge in [-0.2, -0.15) is 0 Å². The van der Waals surface area contributed by atoms with Crippen LogP contribution in [0, 0.1) is 0 Å². The van der Waals surface area contributed by atoms with Gasteiger partial charge in [0.05, 0.1) is 12.5 Å². The Morgan fingerprint density at radius 3 is 1.43 bits per heavy atom. The molecule has 0 unspecified atom stereocenters. The van der Waals surface area contributed by atoms with Crippen molar-refractivity contribution in [3.8, 4) is 0 Å². The molecule has 0 aliphatic rings. The predicted octanol–water partition coefficient (Wildman–Crippen LogP) is 1.54. The minimum atomic E-state index is -0.00694. The normalized spacial score (nSPS) is 9.29. The number of aliphatic hydroxyl groups excluding tert-OH is 2. The van der Waals surface area contributed by atoms with Crippen molar-refractivity contribution in [1.29, 1.82) is 0 Å². The molecule has 4 nitrogen and oxygen atoms in total. The van der Waals surface area contributed by atoms with Crippen molar-refractivity contribution < 1.29 is 19.0 Å². The van der Waals surface area contributed by atoms with Crippen molar-refractivity contribution in [3.05, 3.63) is 48.3 Å². The monoisotopic (exact) mass is 196 g/mol. The predicted molar refractivity (Wildman–Crippen MR) is 49.3 cm³/mol. The van der Waals surface area contributed by atoms with E-state index in [9.17, 15) is 0 Å². The van der Waals surface area contributed by atoms with Gasteiger partial charge in [-0.15, -0.1) is 0 Å². The molecule has 0 radical (unpaired) electrons. The summed E-state index contributed by atoms with van der Waals surface area (Å²) >= 11 is 0. The van der Waals surface area contributed by atoms with Gasteiger partial charge in [0.2, 0.25) is 0 Å². The van der Waals surface area contributed by atoms with Crippen LogP contribution in [0.15, 0.2) is 45.6 Å². The maximum absolute atomic E-state index is 8.33. The maximum Gasteiger partial charge on any atom is 0.129 e. The van der Waals surface area contributed by atoms with Gasteiger partial charge in [-0.3, -0.25) is 0 Å². The molecule has 0 fully saturated rings. The molecule has 2 heterocycles. The fourth-order valence-corrected chi connectivity index (χ4v) is 0.805. The van der Waals surface area contributed by atoms with E-state index >= 15 is 0 Å². The first kappa shape index (κ1) is 10.6. The van der Waals surface area contributed by atoms with E-state index in [4.69, 9.17) is 19.0 Å². The van der Waals surface area contributed by atoms with Gasteiger partial charge in [-0.1, -0.05) is 0 Å². The molecular weight excluding hydrogens is 184 g/mol. The smallest absolute Gasteiger partial charge is 0.129 e. The lowest BCUT2D eigenvalue weighted by Crippen LogP contribution is -1.72. The molecule has 0 amide bonds. The zero-order chi connectivity index (χ0) is 10.2. The molecule has 0 bridgehead atoms. The lowest BCUT2D eigenvalue weighted by Gasteiger charge is -1.79. The Morgan fingerprint density at radius 1 is 0.857 bits per heavy atom. The highest BCUT2D eigenvalue weighted by molar-refractivity contribution is 4.95. The lowest BCUT2D eigenvalue weighted by molar-refractivity contribution is 0.247. The average molecular weight is 196 g/mol. The van der Waals surface area contributed by atoms with Gasteiger partial charge in [0.15, 0.2) is 0 Å². The molecule has 0 aliphatic heterocycles. The Balaban J connectivity index is 0.000000140. The van der Waals surface area contributed by atoms with Crippen molar-refractivity contribution >= 4 is 0 Å². The van der Waals surface area contributed by atoms with Crippen molar-refractivity contribution in [3.63, 3.8) is 0 Å². The molecule has 4 heteroatoms. The van der Waals surface area contributed by atoms with Crippen LogP contribution in [0.1, 0.15) is 11.5 Å². The second-order valence-corrected chi connectivity index (χ2v) is 2.47. The van der Waals surface area contributed by atoms with E-state index in [0.29, 0.717) is 11.5 Å². The molecule has 14 heavy (non-hydrogen) atoms. The third-order valence-corrected chi connectivity index (χ3v) is 1.47. The molecule has 0 atom stereocenters. The minimum absolute atomic E-state index is 0.00694. The molecular formula is C10H12O4. The first-order valence-corrected chi connectivity index (χ1v) is 4.13. The average Bonchev–Trinajstić information content (AvgIpc) is 2.92. The van der Waals surface area contributed by atoms with Gasteiger partial charge in [-0.25, -0.2) is 0 Å². The number of rotatable bonds is 2. The molecule has 76 valence electrons. The molecule has 0 saturated heterocycles. The van der Waals surface area contributed by atoms with Crippen LogP contribution in [0.5, 0.6) is 0 Å². The van der Waals surface area contributed by atoms with E-state index in [1.165, 1.54) is 12.5 Å². The van der Waals surface area contributed by atoms with Crippen LogP contribution in [0.25, 0.3) is 0 Å². The second-order valence-electron chi connectivity index (χ2n) is 2.47. The fraction of sp³-hybridized carbons (Fsp3) is 0.200. The molecule has 2 aromatic heterocycles. The second kappa shape index (κ2) is 6.01. The highest BCUT2D eigenvalue weighted by Gasteiger charge is 1.86. The van der Waals surface area contributed by atoms with Crippen LogP contribution in [0.4, 0.5) is 0 Å². The number of furan rings is 2. The Bertz CT molecular complexity index is 276. The number of hydrogen-bond acceptors (Lipinski definition) is 4. The molecule has 0 aromatic carbocycles. The summed E-state index contributed by atoms with van der Waals surface area (Å²) in [5.41, 5.74) is 0. The summed E-state index contributed by atoms with van der Waals surface area (Å²) < 4.78 is 9.47. The van der Waals surface area contributed by atoms with Crippen LogP contribution < -0.4 is 0 Å². The third kappa shape index (κ3) is 3.47. The number of aliphatic hydroxyl groups is 2. The Hall–Kier alpha value is -1.52. The summed E-state index contributed by atoms with van der Waals surface area (Å²) in [6.07, 6.45) is 3.07. The maximum atomic E-state index is 8.33. The van der Waals surface area contributed by atoms with Crippen molar-refractivity contribution in [2.75, 3.05) is 0 Å². The van der Waals surface area contributed by atoms with Gasteiger partial charge in [0.1, 0.15) is 24.7 Å². The van der Waals surface area contributed by atoms with Gasteiger partial charge in [-0.05, 0) is 24.3 Å². The van der Waals surface area contributed by atoms with Crippen molar-refractivity contribution in [1.82, 2.24) is 0 Å². The highest BCUT2D eigenvalue weighted by atomic mass is 16.4. The van der Waals surface area contributed by atoms with Crippen molar-refractivity contribution in [2.45, 2.75) is 13.2 Å². The molecule has 0 spiro atoms. The van der Waals surface area contributed by atoms with Gasteiger partial charge >= 0.3 is 0 Å². The van der Waals surface area contributed by atoms with E-state index in [0.717, 1.165) is 0 Å². The van der Waals surface area contributed by atoms with E-state index in [2.05, 4.69) is 0 Å². The van der Waals surface area contributed by atoms with Crippen LogP contribution in [0.3, 0.4) is 0 Å². The molecule has 0 saturated carbocycles. The summed E-state index contributed by atoms with van der Waals surface area (Å²) in [7, 11) is 0. The van der Waals surface area contributed by atoms with E-state index in [1.807, 2.05) is 0 Å². The Kier molecular flexibility index (Phi) is 4.54. The first-order chi connectivity index (χ1) is 6.86. The summed E-state index contributed by atoms with van der Waals surface area (Å²) in [6, 6.07) is 6.93. The van der Waals surface area contributed by atoms with Gasteiger partial charge < -0.3 is 19.0 Å². The van der Waals surface area contributed by atoms with Crippen molar-refractivity contribution in [2.24, 2.45) is 0 Å². The standard InChI is InChI=1S/2C5H6O2/c2*6-4-5-2-1-3-7-5/h2*1-3,6H,4H2. The first-order valence-electron chi connectivity index (χ1n) is 4.13. The van der Waals surface area contributed by atoms with E-state index in [1.54, 1.807) is 24.3 Å². The largest absolute Gasteiger partial charge is 0.467 e. The zero-order valence-corrected chi connectivity index (χ0v) is 7.59. The molecule has 0 aliphatic carbocycles. The molecule has 2 N–H and O–H groups in total. The zero-order valence-electron chi connectivity index (χ0n) is 7.59. The summed E-state index contributed by atoms with van der Waals surface area (Å²) in [5.74, 6) is 1.22. The number of hydrogen-bond donors (Lipinski definition) is 2. The quantitative estimate of drug-likeness (QED) is 0.764. The summed E-state index contributed by atoms with van der Waals surface area (Å²) in [5, 5.41) is 16.7. The topological polar surface area (TPSA) is 66.7 Å². The van der Waals surface area contributed by atoms with Gasteiger partial charge in [0.25, 0.3) is 0 Å². The SMILES string of the molecule is OCc1ccco1.OCc1ccco1. The van der Waals surface area contributed by atoms with Crippen LogP contribution in [-0.2, 0) is 13.2 Å². The lowest BCUT2D eigenvalue weighted by atomic mass is 10.5. The third-order valence-electron chi connectivity index (χ3n) is 1.47. The highest BCUT2D eigenvalue weighted by Crippen LogP contribution is 1.97. The van der Waals surface area contributed by atoms with E-state index in [-0.39, 0.29) is 13.2 Å². The summed E-state index contributed by atoms with van der Waals surface area (Å²) in [4.78, 5) is 0. The van der Waals surface area contributed by atoms with Crippen LogP contribution in [-0.4, -0.2) is 10.2 Å². The Labute approximate surface area is 81.4 Å². The Morgan fingerprint density at radius 2 is 1.29 bits per heavy atom. The van der Waals surface area contributed by atoms with E-state index < -0.39 is 0 Å². The van der Waals surface area contributed by atoms with Gasteiger partial charge in [0, 0.05) is 0 Å². The van der Waals surface area contributed by atoms with Crippen LogP contribution >= 0.6 is 0 Å². The molecule has 2 rings (SSSR count). The minimum Gasteiger partial charge on any atom is -0.467 e. The molecule has 2 aromatic rings. The fourth-order valence-electron chi connectivity index (χ4n) is 0.805. The van der Waals surface area contributed by atoms with Crippen LogP contribution in [0.2, 0.25) is 0 Å². The summed E-state index contributed by atoms with van der Waals surface area (Å²) in [6.45, 7) is -0.0139.